The summed E-state index contributed by atoms with van der Waals surface area (Å²) in [5, 5.41) is 1.73. The molecule has 1 saturated heterocycles. The summed E-state index contributed by atoms with van der Waals surface area (Å²) in [6.45, 7) is 9.62. The molecule has 2 atom stereocenters. The normalized spacial score (nSPS) is 17.0. The second-order valence-corrected chi connectivity index (χ2v) is 22.1. The first-order valence-corrected chi connectivity index (χ1v) is 26.9. The van der Waals surface area contributed by atoms with Gasteiger partial charge in [-0.25, -0.2) is 4.79 Å². The quantitative estimate of drug-likeness (QED) is 0.0626. The summed E-state index contributed by atoms with van der Waals surface area (Å²) in [4.78, 5) is 37.6. The Kier molecular flexibility index (Phi) is 16.7. The Bertz CT molecular complexity index is 2840. The fraction of sp³-hybridized carbons (Fsp3) is 0.344. The number of hydrogen-bond donors (Lipinski definition) is 0. The first-order valence-electron chi connectivity index (χ1n) is 25.4. The van der Waals surface area contributed by atoms with Crippen LogP contribution in [0.5, 0.6) is 11.5 Å². The SMILES string of the molecule is COCCCc1cc(Cl)c(Cl)c(CN(C(=O)C2=C(c3ccc(OCCOc4c(Cl)cc(C)cc4Cl)cc3)C[C@@H]3CN(C(c4ccccc4)(c4ccccc4)c4ccccc4)C[C@H]2N3C(=O)OC(C)(C)C)C2CC2)c1. The molecular formula is C61H63Cl4N3O6. The van der Waals surface area contributed by atoms with E-state index in [1.54, 1.807) is 7.11 Å². The number of piperazine rings is 1. The Hall–Kier alpha value is -5.52. The van der Waals surface area contributed by atoms with Crippen LogP contribution in [-0.2, 0) is 32.8 Å². The standard InChI is InChI=1S/C61H63Cl4N3O6/c1-40-32-52(63)57(53(64)33-40)73-31-30-72-49-27-23-42(24-28-49)50-36-48-38-66(61(44-17-9-6-10-18-44,45-19-11-7-12-20-45)46-21-13-8-14-22-46)39-54(68(48)59(70)74-60(2,3)4)55(50)58(69)67(47-25-26-47)37-43-34-41(16-15-29-71-5)35-51(62)56(43)65/h6-14,17-24,27-28,32-35,47-48,54H,15-16,25-26,29-31,36-39H2,1-5H3/t48-,54-/m1/s1. The van der Waals surface area contributed by atoms with Crippen LogP contribution in [0.2, 0.25) is 20.1 Å². The van der Waals surface area contributed by atoms with Crippen molar-refractivity contribution in [2.45, 2.75) is 95.6 Å². The van der Waals surface area contributed by atoms with Gasteiger partial charge in [-0.05, 0) is 135 Å². The molecule has 9 rings (SSSR count). The average molecular weight is 1080 g/mol. The van der Waals surface area contributed by atoms with E-state index in [2.05, 4.69) is 83.8 Å². The molecule has 1 aliphatic carbocycles. The number of carbonyl (C=O) groups excluding carboxylic acids is 2. The Morgan fingerprint density at radius 3 is 1.84 bits per heavy atom. The van der Waals surface area contributed by atoms with Gasteiger partial charge in [0.15, 0.2) is 5.75 Å². The topological polar surface area (TPSA) is 80.8 Å². The van der Waals surface area contributed by atoms with E-state index in [1.165, 1.54) is 0 Å². The van der Waals surface area contributed by atoms with Gasteiger partial charge < -0.3 is 23.8 Å². The number of carbonyl (C=O) groups is 2. The number of benzene rings is 6. The Morgan fingerprint density at radius 2 is 1.28 bits per heavy atom. The molecule has 13 heteroatoms. The van der Waals surface area contributed by atoms with E-state index in [0.29, 0.717) is 63.3 Å². The van der Waals surface area contributed by atoms with Crippen molar-refractivity contribution in [2.24, 2.45) is 0 Å². The molecule has 0 unspecified atom stereocenters. The van der Waals surface area contributed by atoms with Crippen molar-refractivity contribution in [3.8, 4) is 11.5 Å². The van der Waals surface area contributed by atoms with Crippen LogP contribution in [0.15, 0.2) is 145 Å². The lowest BCUT2D eigenvalue weighted by Crippen LogP contribution is -2.68. The molecule has 2 aliphatic heterocycles. The Balaban J connectivity index is 1.16. The highest BCUT2D eigenvalue weighted by Crippen LogP contribution is 2.49. The highest BCUT2D eigenvalue weighted by Gasteiger charge is 2.54. The van der Waals surface area contributed by atoms with Crippen LogP contribution in [0.4, 0.5) is 4.79 Å². The number of fused-ring (bicyclic) bond motifs is 2. The van der Waals surface area contributed by atoms with E-state index in [9.17, 15) is 0 Å². The molecule has 2 bridgehead atoms. The molecule has 6 aromatic rings. The molecular weight excluding hydrogens is 1010 g/mol. The van der Waals surface area contributed by atoms with Gasteiger partial charge in [-0.1, -0.05) is 156 Å². The summed E-state index contributed by atoms with van der Waals surface area (Å²) in [5.41, 5.74) is 6.58. The second-order valence-electron chi connectivity index (χ2n) is 20.5. The van der Waals surface area contributed by atoms with Crippen molar-refractivity contribution in [3.05, 3.63) is 204 Å². The maximum absolute atomic E-state index is 16.3. The molecule has 2 fully saturated rings. The maximum atomic E-state index is 16.3. The summed E-state index contributed by atoms with van der Waals surface area (Å²) in [6.07, 6.45) is 3.12. The van der Waals surface area contributed by atoms with Crippen LogP contribution in [0.25, 0.3) is 5.57 Å². The van der Waals surface area contributed by atoms with Crippen LogP contribution < -0.4 is 9.47 Å². The lowest BCUT2D eigenvalue weighted by molar-refractivity contribution is -0.130. The summed E-state index contributed by atoms with van der Waals surface area (Å²) < 4.78 is 23.8. The monoisotopic (exact) mass is 1070 g/mol. The van der Waals surface area contributed by atoms with Crippen LogP contribution >= 0.6 is 46.4 Å². The molecule has 0 N–H and O–H groups in total. The third kappa shape index (κ3) is 11.6. The molecule has 386 valence electrons. The number of aryl methyl sites for hydroxylation is 2. The highest BCUT2D eigenvalue weighted by atomic mass is 35.5. The van der Waals surface area contributed by atoms with Crippen LogP contribution in [0.3, 0.4) is 0 Å². The summed E-state index contributed by atoms with van der Waals surface area (Å²) >= 11 is 26.8. The minimum atomic E-state index is -0.825. The predicted octanol–water partition coefficient (Wildman–Crippen LogP) is 14.3. The van der Waals surface area contributed by atoms with E-state index in [0.717, 1.165) is 70.2 Å². The second kappa shape index (κ2) is 23.2. The third-order valence-electron chi connectivity index (χ3n) is 14.0. The van der Waals surface area contributed by atoms with Gasteiger partial charge in [-0.15, -0.1) is 0 Å². The minimum Gasteiger partial charge on any atom is -0.490 e. The van der Waals surface area contributed by atoms with E-state index in [-0.39, 0.29) is 31.7 Å². The zero-order valence-electron chi connectivity index (χ0n) is 42.6. The molecule has 9 nitrogen and oxygen atoms in total. The largest absolute Gasteiger partial charge is 0.490 e. The molecule has 3 aliphatic rings. The molecule has 6 aromatic carbocycles. The minimum absolute atomic E-state index is 0.0460. The fourth-order valence-electron chi connectivity index (χ4n) is 10.8. The first kappa shape index (κ1) is 53.3. The van der Waals surface area contributed by atoms with Crippen molar-refractivity contribution in [1.29, 1.82) is 0 Å². The zero-order chi connectivity index (χ0) is 52.1. The number of methoxy groups -OCH3 is 1. The third-order valence-corrected chi connectivity index (χ3v) is 15.4. The van der Waals surface area contributed by atoms with Crippen molar-refractivity contribution >= 4 is 64.0 Å². The van der Waals surface area contributed by atoms with Gasteiger partial charge in [-0.3, -0.25) is 14.6 Å². The number of halogens is 4. The lowest BCUT2D eigenvalue weighted by Gasteiger charge is -2.56. The smallest absolute Gasteiger partial charge is 0.411 e. The maximum Gasteiger partial charge on any atom is 0.411 e. The lowest BCUT2D eigenvalue weighted by atomic mass is 9.73. The summed E-state index contributed by atoms with van der Waals surface area (Å²) in [6, 6.07) is 45.9. The molecule has 0 aromatic heterocycles. The summed E-state index contributed by atoms with van der Waals surface area (Å²) in [5.74, 6) is 0.881. The van der Waals surface area contributed by atoms with Gasteiger partial charge in [0.25, 0.3) is 5.91 Å². The molecule has 2 amide bonds. The van der Waals surface area contributed by atoms with Crippen molar-refractivity contribution < 1.29 is 28.5 Å². The highest BCUT2D eigenvalue weighted by molar-refractivity contribution is 6.42. The van der Waals surface area contributed by atoms with Gasteiger partial charge in [0, 0.05) is 45.0 Å². The predicted molar refractivity (Wildman–Crippen MR) is 297 cm³/mol. The van der Waals surface area contributed by atoms with Crippen LogP contribution in [0, 0.1) is 6.92 Å². The summed E-state index contributed by atoms with van der Waals surface area (Å²) in [7, 11) is 1.69. The van der Waals surface area contributed by atoms with Crippen LogP contribution in [-0.4, -0.2) is 90.4 Å². The molecule has 74 heavy (non-hydrogen) atoms. The molecule has 0 radical (unpaired) electrons. The van der Waals surface area contributed by atoms with Crippen LogP contribution in [0.1, 0.15) is 85.4 Å². The Morgan fingerprint density at radius 1 is 0.703 bits per heavy atom. The number of rotatable bonds is 18. The number of ether oxygens (including phenoxy) is 4. The fourth-order valence-corrected chi connectivity index (χ4v) is 11.9. The van der Waals surface area contributed by atoms with Crippen molar-refractivity contribution in [1.82, 2.24) is 14.7 Å². The van der Waals surface area contributed by atoms with Gasteiger partial charge in [0.05, 0.1) is 37.7 Å². The molecule has 0 spiro atoms. The zero-order valence-corrected chi connectivity index (χ0v) is 45.6. The van der Waals surface area contributed by atoms with E-state index in [1.807, 2.05) is 98.2 Å². The van der Waals surface area contributed by atoms with Gasteiger partial charge in [-0.2, -0.15) is 0 Å². The van der Waals surface area contributed by atoms with E-state index < -0.39 is 29.3 Å². The number of hydrogen-bond acceptors (Lipinski definition) is 7. The van der Waals surface area contributed by atoms with Crippen molar-refractivity contribution in [2.75, 3.05) is 40.0 Å². The van der Waals surface area contributed by atoms with Crippen molar-refractivity contribution in [3.63, 3.8) is 0 Å². The Labute approximate surface area is 455 Å². The number of amides is 2. The average Bonchev–Trinajstić information content (AvgIpc) is 4.24. The molecule has 1 saturated carbocycles. The van der Waals surface area contributed by atoms with E-state index >= 15 is 9.59 Å². The van der Waals surface area contributed by atoms with Gasteiger partial charge in [0.1, 0.15) is 24.6 Å². The van der Waals surface area contributed by atoms with E-state index in [4.69, 9.17) is 65.4 Å². The molecule has 2 heterocycles. The number of nitrogens with zero attached hydrogens (tertiary/aromatic N) is 3. The van der Waals surface area contributed by atoms with Gasteiger partial charge in [0.2, 0.25) is 0 Å². The first-order chi connectivity index (χ1) is 35.7. The van der Waals surface area contributed by atoms with Gasteiger partial charge >= 0.3 is 6.09 Å².